The number of benzene rings is 1. The summed E-state index contributed by atoms with van der Waals surface area (Å²) in [6, 6.07) is 6.21. The Hall–Kier alpha value is -0.210. The maximum atomic E-state index is 6.05. The molecule has 1 nitrogen and oxygen atoms in total. The molecule has 17 heavy (non-hydrogen) atoms. The van der Waals surface area contributed by atoms with Crippen molar-refractivity contribution in [2.45, 2.75) is 32.0 Å². The Balaban J connectivity index is 2.27. The molecule has 1 fully saturated rings. The Kier molecular flexibility index (Phi) is 4.04. The topological polar surface area (TPSA) is 3.24 Å². The van der Waals surface area contributed by atoms with Crippen LogP contribution in [0.15, 0.2) is 18.2 Å². The molecule has 0 radical (unpaired) electrons. The van der Waals surface area contributed by atoms with Crippen molar-refractivity contribution in [3.05, 3.63) is 28.8 Å². The molecule has 0 bridgehead atoms. The summed E-state index contributed by atoms with van der Waals surface area (Å²) in [5.74, 6) is 0. The van der Waals surface area contributed by atoms with Gasteiger partial charge < -0.3 is 4.90 Å². The molecular formula is C14H19BrClN. The van der Waals surface area contributed by atoms with E-state index in [4.69, 9.17) is 11.6 Å². The highest BCUT2D eigenvalue weighted by Crippen LogP contribution is 2.34. The molecule has 0 N–H and O–H groups in total. The molecule has 1 saturated heterocycles. The van der Waals surface area contributed by atoms with Crippen molar-refractivity contribution in [2.75, 3.05) is 18.0 Å². The maximum Gasteiger partial charge on any atom is 0.0410 e. The lowest BCUT2D eigenvalue weighted by atomic mass is 9.84. The fourth-order valence-corrected chi connectivity index (χ4v) is 3.24. The molecule has 0 spiro atoms. The van der Waals surface area contributed by atoms with Crippen LogP contribution in [0.5, 0.6) is 0 Å². The fourth-order valence-electron chi connectivity index (χ4n) is 2.60. The number of piperidine rings is 1. The molecular weight excluding hydrogens is 298 g/mol. The maximum absolute atomic E-state index is 6.05. The quantitative estimate of drug-likeness (QED) is 0.704. The minimum atomic E-state index is 0.418. The summed E-state index contributed by atoms with van der Waals surface area (Å²) in [4.78, 5) is 2.50. The third-order valence-electron chi connectivity index (χ3n) is 3.43. The first-order valence-corrected chi connectivity index (χ1v) is 7.61. The van der Waals surface area contributed by atoms with Gasteiger partial charge in [0, 0.05) is 29.1 Å². The van der Waals surface area contributed by atoms with E-state index in [0.717, 1.165) is 23.4 Å². The van der Waals surface area contributed by atoms with E-state index in [1.54, 1.807) is 0 Å². The van der Waals surface area contributed by atoms with Crippen molar-refractivity contribution < 1.29 is 0 Å². The molecule has 3 heteroatoms. The van der Waals surface area contributed by atoms with Crippen LogP contribution < -0.4 is 4.90 Å². The minimum absolute atomic E-state index is 0.418. The molecule has 94 valence electrons. The summed E-state index contributed by atoms with van der Waals surface area (Å²) in [5.41, 5.74) is 3.04. The zero-order chi connectivity index (χ0) is 12.5. The van der Waals surface area contributed by atoms with Gasteiger partial charge in [0.2, 0.25) is 0 Å². The van der Waals surface area contributed by atoms with E-state index in [9.17, 15) is 0 Å². The van der Waals surface area contributed by atoms with Gasteiger partial charge >= 0.3 is 0 Å². The first kappa shape index (κ1) is 13.2. The van der Waals surface area contributed by atoms with Crippen molar-refractivity contribution in [3.63, 3.8) is 0 Å². The van der Waals surface area contributed by atoms with Crippen LogP contribution in [0.25, 0.3) is 0 Å². The molecule has 1 aromatic carbocycles. The molecule has 0 unspecified atom stereocenters. The van der Waals surface area contributed by atoms with Crippen LogP contribution in [0.3, 0.4) is 0 Å². The molecule has 0 saturated carbocycles. The summed E-state index contributed by atoms with van der Waals surface area (Å²) >= 11 is 9.60. The van der Waals surface area contributed by atoms with Crippen LogP contribution in [0.2, 0.25) is 5.02 Å². The van der Waals surface area contributed by atoms with Crippen molar-refractivity contribution in [3.8, 4) is 0 Å². The van der Waals surface area contributed by atoms with E-state index in [-0.39, 0.29) is 0 Å². The number of hydrogen-bond donors (Lipinski definition) is 0. The minimum Gasteiger partial charge on any atom is -0.371 e. The van der Waals surface area contributed by atoms with Crippen LogP contribution in [0, 0.1) is 5.41 Å². The first-order chi connectivity index (χ1) is 8.02. The molecule has 1 aliphatic heterocycles. The lowest BCUT2D eigenvalue weighted by Gasteiger charge is -2.40. The van der Waals surface area contributed by atoms with Crippen LogP contribution in [0.1, 0.15) is 32.3 Å². The average Bonchev–Trinajstić information content (AvgIpc) is 2.27. The number of rotatable bonds is 2. The summed E-state index contributed by atoms with van der Waals surface area (Å²) in [6.45, 7) is 6.99. The molecule has 0 amide bonds. The van der Waals surface area contributed by atoms with Crippen molar-refractivity contribution in [1.29, 1.82) is 0 Å². The van der Waals surface area contributed by atoms with Gasteiger partial charge in [-0.2, -0.15) is 0 Å². The number of nitrogens with zero attached hydrogens (tertiary/aromatic N) is 1. The SMILES string of the molecule is CC1(C)CCCN(c2ccc(Cl)cc2CBr)C1. The van der Waals surface area contributed by atoms with Crippen molar-refractivity contribution in [2.24, 2.45) is 5.41 Å². The van der Waals surface area contributed by atoms with E-state index in [0.29, 0.717) is 5.41 Å². The predicted octanol–water partition coefficient (Wildman–Crippen LogP) is 4.86. The van der Waals surface area contributed by atoms with Crippen molar-refractivity contribution >= 4 is 33.2 Å². The molecule has 1 aliphatic rings. The molecule has 0 aliphatic carbocycles. The van der Waals surface area contributed by atoms with Crippen LogP contribution in [-0.2, 0) is 5.33 Å². The van der Waals surface area contributed by atoms with Gasteiger partial charge in [0.25, 0.3) is 0 Å². The summed E-state index contributed by atoms with van der Waals surface area (Å²) < 4.78 is 0. The van der Waals surface area contributed by atoms with Crippen LogP contribution in [-0.4, -0.2) is 13.1 Å². The lowest BCUT2D eigenvalue weighted by molar-refractivity contribution is 0.293. The number of alkyl halides is 1. The van der Waals surface area contributed by atoms with Crippen LogP contribution in [0.4, 0.5) is 5.69 Å². The Bertz CT molecular complexity index is 403. The van der Waals surface area contributed by atoms with E-state index >= 15 is 0 Å². The second kappa shape index (κ2) is 5.19. The van der Waals surface area contributed by atoms with Gasteiger partial charge in [0.15, 0.2) is 0 Å². The molecule has 0 atom stereocenters. The highest BCUT2D eigenvalue weighted by atomic mass is 79.9. The van der Waals surface area contributed by atoms with Gasteiger partial charge in [-0.25, -0.2) is 0 Å². The van der Waals surface area contributed by atoms with Gasteiger partial charge in [0.05, 0.1) is 0 Å². The second-order valence-corrected chi connectivity index (χ2v) is 6.59. The van der Waals surface area contributed by atoms with E-state index in [1.165, 1.54) is 24.1 Å². The third kappa shape index (κ3) is 3.17. The molecule has 1 aromatic rings. The Morgan fingerprint density at radius 2 is 2.18 bits per heavy atom. The Morgan fingerprint density at radius 1 is 1.41 bits per heavy atom. The van der Waals surface area contributed by atoms with E-state index in [2.05, 4.69) is 46.8 Å². The van der Waals surface area contributed by atoms with Gasteiger partial charge in [-0.15, -0.1) is 0 Å². The fraction of sp³-hybridized carbons (Fsp3) is 0.571. The predicted molar refractivity (Wildman–Crippen MR) is 79.3 cm³/mol. The van der Waals surface area contributed by atoms with Gasteiger partial charge in [-0.3, -0.25) is 0 Å². The Labute approximate surface area is 117 Å². The number of anilines is 1. The monoisotopic (exact) mass is 315 g/mol. The van der Waals surface area contributed by atoms with Gasteiger partial charge in [-0.1, -0.05) is 41.4 Å². The van der Waals surface area contributed by atoms with Crippen LogP contribution >= 0.6 is 27.5 Å². The summed E-state index contributed by atoms with van der Waals surface area (Å²) in [7, 11) is 0. The van der Waals surface area contributed by atoms with E-state index < -0.39 is 0 Å². The Morgan fingerprint density at radius 3 is 2.82 bits per heavy atom. The van der Waals surface area contributed by atoms with Crippen molar-refractivity contribution in [1.82, 2.24) is 0 Å². The van der Waals surface area contributed by atoms with Gasteiger partial charge in [-0.05, 0) is 42.0 Å². The standard InChI is InChI=1S/C14H19BrClN/c1-14(2)6-3-7-17(10-14)13-5-4-12(16)8-11(13)9-15/h4-5,8H,3,6-7,9-10H2,1-2H3. The smallest absolute Gasteiger partial charge is 0.0410 e. The largest absolute Gasteiger partial charge is 0.371 e. The lowest BCUT2D eigenvalue weighted by Crippen LogP contribution is -2.40. The van der Waals surface area contributed by atoms with Gasteiger partial charge in [0.1, 0.15) is 0 Å². The number of halogens is 2. The normalized spacial score (nSPS) is 19.4. The highest BCUT2D eigenvalue weighted by molar-refractivity contribution is 9.08. The second-order valence-electron chi connectivity index (χ2n) is 5.60. The summed E-state index contributed by atoms with van der Waals surface area (Å²) in [5, 5.41) is 1.68. The number of hydrogen-bond acceptors (Lipinski definition) is 1. The first-order valence-electron chi connectivity index (χ1n) is 6.11. The third-order valence-corrected chi connectivity index (χ3v) is 4.27. The average molecular weight is 317 g/mol. The zero-order valence-electron chi connectivity index (χ0n) is 10.5. The highest BCUT2D eigenvalue weighted by Gasteiger charge is 2.27. The molecule has 2 rings (SSSR count). The molecule has 0 aromatic heterocycles. The zero-order valence-corrected chi connectivity index (χ0v) is 12.8. The molecule has 1 heterocycles. The van der Waals surface area contributed by atoms with E-state index in [1.807, 2.05) is 6.07 Å². The summed E-state index contributed by atoms with van der Waals surface area (Å²) in [6.07, 6.45) is 2.60.